The normalized spacial score (nSPS) is 17.0. The van der Waals surface area contributed by atoms with E-state index in [-0.39, 0.29) is 29.6 Å². The maximum Gasteiger partial charge on any atom is 0.243 e. The highest BCUT2D eigenvalue weighted by Crippen LogP contribution is 2.24. The number of aliphatic imine (C=N–C) groups is 1. The molecule has 0 aromatic rings. The van der Waals surface area contributed by atoms with Crippen molar-refractivity contribution in [2.45, 2.75) is 77.3 Å². The molecule has 1 aliphatic rings. The summed E-state index contributed by atoms with van der Waals surface area (Å²) in [4.78, 5) is 40.3. The molecular formula is C19H35N5O3. The SMILES string of the molecule is CC(C)C[C@H](NC(=O)C1CCCCC1)C(=O)N[C@H](C=O)CCCN=C(N)N. The van der Waals surface area contributed by atoms with Crippen LogP contribution in [0.4, 0.5) is 0 Å². The predicted molar refractivity (Wildman–Crippen MR) is 106 cm³/mol. The van der Waals surface area contributed by atoms with Crippen LogP contribution in [-0.2, 0) is 14.4 Å². The minimum atomic E-state index is -0.625. The number of amides is 2. The zero-order chi connectivity index (χ0) is 20.2. The van der Waals surface area contributed by atoms with Crippen LogP contribution in [0.15, 0.2) is 4.99 Å². The smallest absolute Gasteiger partial charge is 0.243 e. The first-order valence-electron chi connectivity index (χ1n) is 9.95. The van der Waals surface area contributed by atoms with Gasteiger partial charge in [0.05, 0.1) is 6.04 Å². The molecule has 1 saturated carbocycles. The van der Waals surface area contributed by atoms with E-state index in [1.54, 1.807) is 0 Å². The minimum absolute atomic E-state index is 0.00381. The zero-order valence-electron chi connectivity index (χ0n) is 16.6. The van der Waals surface area contributed by atoms with Gasteiger partial charge in [-0.05, 0) is 38.0 Å². The van der Waals surface area contributed by atoms with E-state index in [1.165, 1.54) is 6.42 Å². The van der Waals surface area contributed by atoms with Gasteiger partial charge in [-0.25, -0.2) is 0 Å². The van der Waals surface area contributed by atoms with Gasteiger partial charge in [-0.2, -0.15) is 0 Å². The van der Waals surface area contributed by atoms with Gasteiger partial charge in [0.25, 0.3) is 0 Å². The van der Waals surface area contributed by atoms with Gasteiger partial charge < -0.3 is 26.9 Å². The highest BCUT2D eigenvalue weighted by molar-refractivity contribution is 5.89. The molecule has 0 unspecified atom stereocenters. The van der Waals surface area contributed by atoms with Gasteiger partial charge in [0.15, 0.2) is 5.96 Å². The van der Waals surface area contributed by atoms with E-state index < -0.39 is 12.1 Å². The molecule has 0 saturated heterocycles. The van der Waals surface area contributed by atoms with Crippen LogP contribution < -0.4 is 22.1 Å². The van der Waals surface area contributed by atoms with Crippen molar-refractivity contribution in [3.8, 4) is 0 Å². The Hall–Kier alpha value is -2.12. The van der Waals surface area contributed by atoms with Crippen molar-refractivity contribution in [3.63, 3.8) is 0 Å². The van der Waals surface area contributed by atoms with Crippen molar-refractivity contribution < 1.29 is 14.4 Å². The number of carbonyl (C=O) groups is 3. The van der Waals surface area contributed by atoms with Crippen LogP contribution in [0.1, 0.15) is 65.2 Å². The van der Waals surface area contributed by atoms with Crippen LogP contribution in [0.25, 0.3) is 0 Å². The summed E-state index contributed by atoms with van der Waals surface area (Å²) in [6.45, 7) is 4.40. The molecule has 0 radical (unpaired) electrons. The van der Waals surface area contributed by atoms with Crippen molar-refractivity contribution in [1.29, 1.82) is 0 Å². The van der Waals surface area contributed by atoms with Gasteiger partial charge in [0.2, 0.25) is 11.8 Å². The molecule has 0 spiro atoms. The lowest BCUT2D eigenvalue weighted by atomic mass is 9.88. The zero-order valence-corrected chi connectivity index (χ0v) is 16.6. The van der Waals surface area contributed by atoms with E-state index in [0.717, 1.165) is 25.7 Å². The van der Waals surface area contributed by atoms with Crippen LogP contribution in [0.3, 0.4) is 0 Å². The van der Waals surface area contributed by atoms with Crippen LogP contribution in [0.2, 0.25) is 0 Å². The van der Waals surface area contributed by atoms with Crippen LogP contribution in [-0.4, -0.2) is 42.7 Å². The van der Waals surface area contributed by atoms with E-state index in [9.17, 15) is 14.4 Å². The second kappa shape index (κ2) is 12.3. The number of hydrogen-bond acceptors (Lipinski definition) is 4. The van der Waals surface area contributed by atoms with Crippen LogP contribution in [0.5, 0.6) is 0 Å². The molecule has 8 nitrogen and oxygen atoms in total. The third-order valence-electron chi connectivity index (χ3n) is 4.78. The first kappa shape index (κ1) is 22.9. The van der Waals surface area contributed by atoms with E-state index in [1.807, 2.05) is 13.8 Å². The van der Waals surface area contributed by atoms with Gasteiger partial charge in [0.1, 0.15) is 12.3 Å². The summed E-state index contributed by atoms with van der Waals surface area (Å²) in [5, 5.41) is 5.64. The quantitative estimate of drug-likeness (QED) is 0.182. The Bertz CT molecular complexity index is 511. The third kappa shape index (κ3) is 9.40. The molecule has 1 fully saturated rings. The monoisotopic (exact) mass is 381 g/mol. The lowest BCUT2D eigenvalue weighted by Gasteiger charge is -2.26. The summed E-state index contributed by atoms with van der Waals surface area (Å²) in [5.74, 6) is -0.131. The molecule has 27 heavy (non-hydrogen) atoms. The molecule has 2 amide bonds. The van der Waals surface area contributed by atoms with Crippen molar-refractivity contribution in [2.75, 3.05) is 6.54 Å². The lowest BCUT2D eigenvalue weighted by Crippen LogP contribution is -2.51. The van der Waals surface area contributed by atoms with Gasteiger partial charge in [-0.3, -0.25) is 14.6 Å². The fourth-order valence-corrected chi connectivity index (χ4v) is 3.33. The molecule has 0 bridgehead atoms. The predicted octanol–water partition coefficient (Wildman–Crippen LogP) is 0.835. The Morgan fingerprint density at radius 1 is 1.15 bits per heavy atom. The Morgan fingerprint density at radius 2 is 1.81 bits per heavy atom. The summed E-state index contributed by atoms with van der Waals surface area (Å²) >= 11 is 0. The van der Waals surface area contributed by atoms with Crippen molar-refractivity contribution in [1.82, 2.24) is 10.6 Å². The van der Waals surface area contributed by atoms with Gasteiger partial charge in [-0.1, -0.05) is 33.1 Å². The molecule has 154 valence electrons. The van der Waals surface area contributed by atoms with Crippen LogP contribution >= 0.6 is 0 Å². The molecule has 8 heteroatoms. The topological polar surface area (TPSA) is 140 Å². The van der Waals surface area contributed by atoms with Crippen molar-refractivity contribution in [2.24, 2.45) is 28.3 Å². The maximum absolute atomic E-state index is 12.7. The molecular weight excluding hydrogens is 346 g/mol. The molecule has 1 aliphatic carbocycles. The second-order valence-corrected chi connectivity index (χ2v) is 7.73. The summed E-state index contributed by atoms with van der Waals surface area (Å²) in [5.41, 5.74) is 10.5. The number of nitrogens with two attached hydrogens (primary N) is 2. The van der Waals surface area contributed by atoms with E-state index in [4.69, 9.17) is 11.5 Å². The molecule has 0 aromatic heterocycles. The van der Waals surface area contributed by atoms with Crippen molar-refractivity contribution >= 4 is 24.1 Å². The van der Waals surface area contributed by atoms with Gasteiger partial charge in [0, 0.05) is 12.5 Å². The van der Waals surface area contributed by atoms with E-state index in [2.05, 4.69) is 15.6 Å². The Morgan fingerprint density at radius 3 is 2.37 bits per heavy atom. The Balaban J connectivity index is 2.59. The third-order valence-corrected chi connectivity index (χ3v) is 4.78. The van der Waals surface area contributed by atoms with E-state index in [0.29, 0.717) is 32.1 Å². The average Bonchev–Trinajstić information content (AvgIpc) is 2.63. The number of nitrogens with zero attached hydrogens (tertiary/aromatic N) is 1. The lowest BCUT2D eigenvalue weighted by molar-refractivity contribution is -0.132. The molecule has 0 heterocycles. The first-order chi connectivity index (χ1) is 12.8. The standard InChI is InChI=1S/C19H35N5O3/c1-13(2)11-16(24-17(26)14-7-4-3-5-8-14)18(27)23-15(12-25)9-6-10-22-19(20)21/h12-16H,3-11H2,1-2H3,(H,23,27)(H,24,26)(H4,20,21,22)/t15-,16-/m0/s1. The summed E-state index contributed by atoms with van der Waals surface area (Å²) < 4.78 is 0. The number of aldehydes is 1. The number of guanidine groups is 1. The molecule has 2 atom stereocenters. The molecule has 0 aromatic carbocycles. The molecule has 1 rings (SSSR count). The Kier molecular flexibility index (Phi) is 10.4. The first-order valence-corrected chi connectivity index (χ1v) is 9.95. The fraction of sp³-hybridized carbons (Fsp3) is 0.789. The van der Waals surface area contributed by atoms with E-state index >= 15 is 0 Å². The average molecular weight is 382 g/mol. The number of rotatable bonds is 11. The molecule has 0 aliphatic heterocycles. The second-order valence-electron chi connectivity index (χ2n) is 7.73. The minimum Gasteiger partial charge on any atom is -0.370 e. The fourth-order valence-electron chi connectivity index (χ4n) is 3.33. The van der Waals surface area contributed by atoms with Gasteiger partial charge >= 0.3 is 0 Å². The Labute approximate surface area is 161 Å². The largest absolute Gasteiger partial charge is 0.370 e. The number of hydrogen-bond donors (Lipinski definition) is 4. The molecule has 6 N–H and O–H groups in total. The summed E-state index contributed by atoms with van der Waals surface area (Å²) in [6.07, 6.45) is 7.30. The number of nitrogens with one attached hydrogen (secondary N) is 2. The van der Waals surface area contributed by atoms with Gasteiger partial charge in [-0.15, -0.1) is 0 Å². The highest BCUT2D eigenvalue weighted by atomic mass is 16.2. The van der Waals surface area contributed by atoms with Crippen molar-refractivity contribution in [3.05, 3.63) is 0 Å². The number of carbonyl (C=O) groups excluding carboxylic acids is 3. The maximum atomic E-state index is 12.7. The summed E-state index contributed by atoms with van der Waals surface area (Å²) in [6, 6.07) is -1.24. The highest BCUT2D eigenvalue weighted by Gasteiger charge is 2.28. The van der Waals surface area contributed by atoms with Crippen LogP contribution in [0, 0.1) is 11.8 Å². The summed E-state index contributed by atoms with van der Waals surface area (Å²) in [7, 11) is 0.